The molecule has 0 radical (unpaired) electrons. The van der Waals surface area contributed by atoms with Gasteiger partial charge in [-0.05, 0) is 0 Å². The van der Waals surface area contributed by atoms with E-state index in [2.05, 4.69) is 53.9 Å². The number of aromatic nitrogens is 2. The van der Waals surface area contributed by atoms with Gasteiger partial charge in [0.1, 0.15) is 0 Å². The summed E-state index contributed by atoms with van der Waals surface area (Å²) in [6.45, 7) is 7.07. The molecular weight excluding hydrogens is 427 g/mol. The Hall–Kier alpha value is 0.319. The summed E-state index contributed by atoms with van der Waals surface area (Å²) in [5.41, 5.74) is 0. The Morgan fingerprint density at radius 1 is 1.04 bits per heavy atom. The summed E-state index contributed by atoms with van der Waals surface area (Å²) in [4.78, 5) is 5.72. The molecule has 2 nitrogen and oxygen atoms in total. The predicted molar refractivity (Wildman–Crippen MR) is 109 cm³/mol. The van der Waals surface area contributed by atoms with Crippen molar-refractivity contribution < 1.29 is 0 Å². The number of thioether (sulfide) groups is 1. The van der Waals surface area contributed by atoms with Crippen LogP contribution in [0.2, 0.25) is 13.3 Å². The van der Waals surface area contributed by atoms with Crippen LogP contribution >= 0.6 is 23.1 Å². The third-order valence-corrected chi connectivity index (χ3v) is 25.7. The van der Waals surface area contributed by atoms with Crippen LogP contribution in [0.5, 0.6) is 0 Å². The molecule has 0 amide bonds. The van der Waals surface area contributed by atoms with Crippen LogP contribution in [0.15, 0.2) is 17.6 Å². The van der Waals surface area contributed by atoms with Gasteiger partial charge in [0.2, 0.25) is 0 Å². The molecule has 0 spiro atoms. The zero-order valence-corrected chi connectivity index (χ0v) is 19.7. The first kappa shape index (κ1) is 19.6. The Balaban J connectivity index is 2.47. The van der Waals surface area contributed by atoms with Gasteiger partial charge in [-0.15, -0.1) is 0 Å². The first-order valence-electron chi connectivity index (χ1n) is 9.21. The number of rotatable bonds is 11. The number of fused-ring (bicyclic) bond motifs is 1. The average molecular weight is 459 g/mol. The molecule has 2 aromatic rings. The molecule has 2 rings (SSSR count). The van der Waals surface area contributed by atoms with E-state index in [1.807, 2.05) is 21.0 Å². The predicted octanol–water partition coefficient (Wildman–Crippen LogP) is 6.17. The summed E-state index contributed by atoms with van der Waals surface area (Å²) in [6, 6.07) is 0. The number of hydrogen-bond donors (Lipinski definition) is 0. The van der Waals surface area contributed by atoms with Crippen molar-refractivity contribution in [1.82, 2.24) is 9.38 Å². The third-order valence-electron chi connectivity index (χ3n) is 4.93. The molecule has 0 unspecified atom stereocenters. The van der Waals surface area contributed by atoms with Crippen LogP contribution in [-0.2, 0) is 0 Å². The van der Waals surface area contributed by atoms with Gasteiger partial charge in [0.05, 0.1) is 0 Å². The average Bonchev–Trinajstić information content (AvgIpc) is 3.15. The van der Waals surface area contributed by atoms with Crippen molar-refractivity contribution in [2.75, 3.05) is 6.26 Å². The van der Waals surface area contributed by atoms with Gasteiger partial charge in [0, 0.05) is 0 Å². The maximum atomic E-state index is 4.36. The fourth-order valence-electron chi connectivity index (χ4n) is 3.56. The van der Waals surface area contributed by atoms with Gasteiger partial charge in [0.25, 0.3) is 0 Å². The summed E-state index contributed by atoms with van der Waals surface area (Å²) >= 11 is 1.73. The molecule has 0 aliphatic rings. The molecule has 23 heavy (non-hydrogen) atoms. The number of unbranched alkanes of at least 4 members (excludes halogenated alkanes) is 3. The fraction of sp³-hybridized carbons (Fsp3) is 0.722. The third kappa shape index (κ3) is 4.49. The van der Waals surface area contributed by atoms with Gasteiger partial charge in [-0.2, -0.15) is 0 Å². The molecule has 0 bridgehead atoms. The van der Waals surface area contributed by atoms with Crippen molar-refractivity contribution in [3.8, 4) is 0 Å². The molecule has 0 saturated heterocycles. The van der Waals surface area contributed by atoms with Gasteiger partial charge in [-0.3, -0.25) is 0 Å². The monoisotopic (exact) mass is 460 g/mol. The second-order valence-corrected chi connectivity index (χ2v) is 22.5. The van der Waals surface area contributed by atoms with E-state index in [4.69, 9.17) is 0 Å². The summed E-state index contributed by atoms with van der Waals surface area (Å²) in [7, 11) is 0. The standard InChI is InChI=1S/C6H5N2S2.3C4H9.Sn/c1-9-6-3-10-5-2-7-4-8(5)6;3*1-3-4-2;/h2,4H,1H3;3*1,3-4H2,2H3;. The van der Waals surface area contributed by atoms with E-state index in [9.17, 15) is 0 Å². The molecule has 2 aromatic heterocycles. The van der Waals surface area contributed by atoms with Crippen molar-refractivity contribution in [2.24, 2.45) is 0 Å². The van der Waals surface area contributed by atoms with Gasteiger partial charge >= 0.3 is 155 Å². The van der Waals surface area contributed by atoms with Crippen molar-refractivity contribution in [1.29, 1.82) is 0 Å². The minimum atomic E-state index is -2.31. The topological polar surface area (TPSA) is 17.3 Å². The Morgan fingerprint density at radius 3 is 2.09 bits per heavy atom. The molecule has 2 heterocycles. The maximum absolute atomic E-state index is 4.36. The zero-order valence-electron chi connectivity index (χ0n) is 15.2. The van der Waals surface area contributed by atoms with E-state index in [1.54, 1.807) is 13.3 Å². The van der Waals surface area contributed by atoms with E-state index in [0.29, 0.717) is 0 Å². The molecule has 0 saturated carbocycles. The van der Waals surface area contributed by atoms with Crippen molar-refractivity contribution in [3.05, 3.63) is 12.5 Å². The summed E-state index contributed by atoms with van der Waals surface area (Å²) in [6.07, 6.45) is 14.7. The number of imidazole rings is 1. The minimum absolute atomic E-state index is 1.34. The quantitative estimate of drug-likeness (QED) is 0.295. The van der Waals surface area contributed by atoms with E-state index in [1.165, 1.54) is 48.4 Å². The van der Waals surface area contributed by atoms with E-state index < -0.39 is 18.4 Å². The Labute approximate surface area is 154 Å². The van der Waals surface area contributed by atoms with Crippen LogP contribution in [-0.4, -0.2) is 34.0 Å². The van der Waals surface area contributed by atoms with Crippen LogP contribution in [0.1, 0.15) is 59.3 Å². The molecule has 0 aromatic carbocycles. The Bertz CT molecular complexity index is 569. The Kier molecular flexibility index (Phi) is 8.29. The molecule has 5 heteroatoms. The van der Waals surface area contributed by atoms with E-state index >= 15 is 0 Å². The SMILES string of the molecule is CCC[CH2][Sn]([CH2]CCC)([CH2]CCC)[c]1sc2cncn2c1SC. The Morgan fingerprint density at radius 2 is 1.61 bits per heavy atom. The molecule has 0 aliphatic heterocycles. The van der Waals surface area contributed by atoms with Crippen LogP contribution in [0.3, 0.4) is 0 Å². The molecule has 130 valence electrons. The molecule has 0 fully saturated rings. The van der Waals surface area contributed by atoms with Crippen molar-refractivity contribution in [2.45, 2.75) is 77.6 Å². The first-order valence-corrected chi connectivity index (χ1v) is 18.7. The second-order valence-electron chi connectivity index (χ2n) is 6.63. The summed E-state index contributed by atoms with van der Waals surface area (Å²) in [5, 5.41) is 1.53. The van der Waals surface area contributed by atoms with Crippen LogP contribution < -0.4 is 2.89 Å². The number of thiazole rings is 1. The summed E-state index contributed by atoms with van der Waals surface area (Å²) in [5.74, 6) is 0. The van der Waals surface area contributed by atoms with Crippen molar-refractivity contribution >= 4 is 49.2 Å². The molecule has 0 N–H and O–H groups in total. The number of nitrogens with zero attached hydrogens (tertiary/aromatic N) is 2. The van der Waals surface area contributed by atoms with Crippen LogP contribution in [0.25, 0.3) is 4.83 Å². The van der Waals surface area contributed by atoms with Gasteiger partial charge in [-0.25, -0.2) is 0 Å². The molecule has 0 atom stereocenters. The second kappa shape index (κ2) is 9.71. The van der Waals surface area contributed by atoms with Gasteiger partial charge in [-0.1, -0.05) is 0 Å². The van der Waals surface area contributed by atoms with Crippen LogP contribution in [0, 0.1) is 0 Å². The molecular formula is C18H32N2S2Sn. The normalized spacial score (nSPS) is 12.3. The summed E-state index contributed by atoms with van der Waals surface area (Å²) < 4.78 is 8.86. The zero-order chi connectivity index (χ0) is 16.7. The van der Waals surface area contributed by atoms with Crippen LogP contribution in [0.4, 0.5) is 0 Å². The fourth-order valence-corrected chi connectivity index (χ4v) is 27.2. The van der Waals surface area contributed by atoms with Crippen molar-refractivity contribution in [3.63, 3.8) is 0 Å². The van der Waals surface area contributed by atoms with E-state index in [-0.39, 0.29) is 0 Å². The van der Waals surface area contributed by atoms with E-state index in [0.717, 1.165) is 0 Å². The van der Waals surface area contributed by atoms with Gasteiger partial charge in [0.15, 0.2) is 0 Å². The number of hydrogen-bond acceptors (Lipinski definition) is 3. The molecule has 0 aliphatic carbocycles. The first-order chi connectivity index (χ1) is 11.2. The van der Waals surface area contributed by atoms with Gasteiger partial charge < -0.3 is 0 Å².